The van der Waals surface area contributed by atoms with E-state index in [-0.39, 0.29) is 45.1 Å². The molecular formula is C33H39F4N3O6. The minimum absolute atomic E-state index is 0.0128. The Kier molecular flexibility index (Phi) is 10.9. The number of benzene rings is 2. The number of carbonyl (C=O) groups is 4. The maximum absolute atomic E-state index is 14.0. The highest BCUT2D eigenvalue weighted by molar-refractivity contribution is 6.01. The molecule has 0 N–H and O–H groups in total. The number of nitrogens with zero attached hydrogens (tertiary/aromatic N) is 3. The third-order valence-electron chi connectivity index (χ3n) is 7.98. The summed E-state index contributed by atoms with van der Waals surface area (Å²) in [6.07, 6.45) is -4.77. The SMILES string of the molecule is CC(C)(C)OC(=O)N1CCC(C(=O)N(CC(=O)c2ccc(F)cc2C(F)(F)F)[C@@H]2CCCN(C(=O)OCc3ccccc3)C2)CC1. The minimum Gasteiger partial charge on any atom is -0.445 e. The van der Waals surface area contributed by atoms with Crippen molar-refractivity contribution in [1.29, 1.82) is 0 Å². The predicted molar refractivity (Wildman–Crippen MR) is 159 cm³/mol. The van der Waals surface area contributed by atoms with Gasteiger partial charge in [-0.15, -0.1) is 0 Å². The van der Waals surface area contributed by atoms with E-state index in [1.54, 1.807) is 32.9 Å². The monoisotopic (exact) mass is 649 g/mol. The Hall–Kier alpha value is -4.16. The van der Waals surface area contributed by atoms with Gasteiger partial charge in [-0.1, -0.05) is 30.3 Å². The lowest BCUT2D eigenvalue weighted by molar-refractivity contribution is -0.140. The van der Waals surface area contributed by atoms with Crippen LogP contribution in [0.2, 0.25) is 0 Å². The smallest absolute Gasteiger partial charge is 0.417 e. The number of halogens is 4. The quantitative estimate of drug-likeness (QED) is 0.258. The van der Waals surface area contributed by atoms with E-state index in [2.05, 4.69) is 0 Å². The predicted octanol–water partition coefficient (Wildman–Crippen LogP) is 6.30. The molecular weight excluding hydrogens is 610 g/mol. The van der Waals surface area contributed by atoms with Crippen molar-refractivity contribution in [3.8, 4) is 0 Å². The van der Waals surface area contributed by atoms with Gasteiger partial charge in [0.2, 0.25) is 5.91 Å². The molecule has 4 rings (SSSR count). The van der Waals surface area contributed by atoms with Crippen molar-refractivity contribution in [1.82, 2.24) is 14.7 Å². The molecule has 2 aromatic rings. The van der Waals surface area contributed by atoms with Crippen LogP contribution in [0, 0.1) is 11.7 Å². The van der Waals surface area contributed by atoms with Crippen molar-refractivity contribution in [3.63, 3.8) is 0 Å². The number of piperidine rings is 2. The van der Waals surface area contributed by atoms with E-state index in [1.165, 1.54) is 14.7 Å². The number of ether oxygens (including phenoxy) is 2. The molecule has 2 aliphatic heterocycles. The van der Waals surface area contributed by atoms with Gasteiger partial charge in [-0.2, -0.15) is 13.2 Å². The van der Waals surface area contributed by atoms with Crippen molar-refractivity contribution in [2.24, 2.45) is 5.92 Å². The van der Waals surface area contributed by atoms with Crippen LogP contribution < -0.4 is 0 Å². The van der Waals surface area contributed by atoms with Gasteiger partial charge in [0.1, 0.15) is 18.0 Å². The van der Waals surface area contributed by atoms with Gasteiger partial charge in [0, 0.05) is 43.7 Å². The van der Waals surface area contributed by atoms with Crippen LogP contribution in [-0.4, -0.2) is 82.9 Å². The molecule has 46 heavy (non-hydrogen) atoms. The molecule has 3 amide bonds. The Morgan fingerprint density at radius 3 is 2.20 bits per heavy atom. The second-order valence-electron chi connectivity index (χ2n) is 12.6. The van der Waals surface area contributed by atoms with Crippen LogP contribution >= 0.6 is 0 Å². The highest BCUT2D eigenvalue weighted by Gasteiger charge is 2.40. The minimum atomic E-state index is -5.00. The van der Waals surface area contributed by atoms with Crippen LogP contribution in [0.5, 0.6) is 0 Å². The van der Waals surface area contributed by atoms with Gasteiger partial charge in [0.25, 0.3) is 0 Å². The Labute approximate surface area is 265 Å². The molecule has 1 atom stereocenters. The molecule has 250 valence electrons. The molecule has 2 fully saturated rings. The first-order valence-corrected chi connectivity index (χ1v) is 15.3. The third-order valence-corrected chi connectivity index (χ3v) is 7.98. The van der Waals surface area contributed by atoms with Crippen molar-refractivity contribution in [2.75, 3.05) is 32.7 Å². The standard InChI is InChI=1S/C33H39F4N3O6/c1-32(2,3)46-31(44)38-16-13-23(14-17-38)29(42)40(20-28(41)26-12-11-24(34)18-27(26)33(35,36)37)25-10-7-15-39(19-25)30(43)45-21-22-8-5-4-6-9-22/h4-6,8-9,11-12,18,23,25H,7,10,13-17,19-21H2,1-3H3/t25-/m1/s1. The van der Waals surface area contributed by atoms with Crippen LogP contribution in [0.1, 0.15) is 67.9 Å². The Morgan fingerprint density at radius 1 is 0.891 bits per heavy atom. The molecule has 2 aliphatic rings. The summed E-state index contributed by atoms with van der Waals surface area (Å²) in [5.74, 6) is -3.24. The molecule has 0 saturated carbocycles. The fraction of sp³-hybridized carbons (Fsp3) is 0.515. The number of ketones is 1. The molecule has 0 aromatic heterocycles. The Bertz CT molecular complexity index is 1400. The molecule has 2 saturated heterocycles. The summed E-state index contributed by atoms with van der Waals surface area (Å²) in [5, 5.41) is 0. The lowest BCUT2D eigenvalue weighted by Crippen LogP contribution is -2.55. The van der Waals surface area contributed by atoms with Crippen molar-refractivity contribution in [2.45, 2.75) is 70.9 Å². The second kappa shape index (κ2) is 14.5. The highest BCUT2D eigenvalue weighted by atomic mass is 19.4. The maximum atomic E-state index is 14.0. The van der Waals surface area contributed by atoms with Gasteiger partial charge < -0.3 is 24.2 Å². The van der Waals surface area contributed by atoms with Crippen LogP contribution in [0.4, 0.5) is 27.2 Å². The van der Waals surface area contributed by atoms with Gasteiger partial charge in [0.15, 0.2) is 5.78 Å². The summed E-state index contributed by atoms with van der Waals surface area (Å²) in [6.45, 7) is 5.34. The van der Waals surface area contributed by atoms with Gasteiger partial charge in [0.05, 0.1) is 12.1 Å². The van der Waals surface area contributed by atoms with Crippen LogP contribution in [-0.2, 0) is 27.1 Å². The molecule has 2 heterocycles. The fourth-order valence-electron chi connectivity index (χ4n) is 5.68. The molecule has 0 aliphatic carbocycles. The van der Waals surface area contributed by atoms with Crippen molar-refractivity contribution < 1.29 is 46.2 Å². The average Bonchev–Trinajstić information content (AvgIpc) is 3.01. The van der Waals surface area contributed by atoms with E-state index in [9.17, 15) is 36.7 Å². The molecule has 0 spiro atoms. The third kappa shape index (κ3) is 9.20. The van der Waals surface area contributed by atoms with Crippen LogP contribution in [0.25, 0.3) is 0 Å². The number of hydrogen-bond acceptors (Lipinski definition) is 6. The normalized spacial score (nSPS) is 17.8. The highest BCUT2D eigenvalue weighted by Crippen LogP contribution is 2.33. The summed E-state index contributed by atoms with van der Waals surface area (Å²) >= 11 is 0. The van der Waals surface area contributed by atoms with Gasteiger partial charge in [-0.3, -0.25) is 9.59 Å². The first-order valence-electron chi connectivity index (χ1n) is 15.3. The first kappa shape index (κ1) is 34.7. The van der Waals surface area contributed by atoms with Crippen molar-refractivity contribution in [3.05, 3.63) is 71.0 Å². The second-order valence-corrected chi connectivity index (χ2v) is 12.6. The zero-order valence-corrected chi connectivity index (χ0v) is 26.1. The number of amides is 3. The number of likely N-dealkylation sites (tertiary alicyclic amines) is 2. The maximum Gasteiger partial charge on any atom is 0.417 e. The number of Topliss-reactive ketones (excluding diaryl/α,β-unsaturated/α-hetero) is 1. The fourth-order valence-corrected chi connectivity index (χ4v) is 5.68. The number of carbonyl (C=O) groups excluding carboxylic acids is 4. The first-order chi connectivity index (χ1) is 21.6. The zero-order chi connectivity index (χ0) is 33.6. The van der Waals surface area contributed by atoms with Gasteiger partial charge in [-0.05, 0) is 70.2 Å². The molecule has 0 radical (unpaired) electrons. The van der Waals surface area contributed by atoms with E-state index in [1.807, 2.05) is 18.2 Å². The van der Waals surface area contributed by atoms with Crippen LogP contribution in [0.15, 0.2) is 48.5 Å². The largest absolute Gasteiger partial charge is 0.445 e. The lowest BCUT2D eigenvalue weighted by Gasteiger charge is -2.41. The van der Waals surface area contributed by atoms with E-state index in [0.717, 1.165) is 17.7 Å². The van der Waals surface area contributed by atoms with Gasteiger partial charge in [-0.25, -0.2) is 14.0 Å². The topological polar surface area (TPSA) is 96.5 Å². The molecule has 0 bridgehead atoms. The van der Waals surface area contributed by atoms with Crippen LogP contribution in [0.3, 0.4) is 0 Å². The number of alkyl halides is 3. The summed E-state index contributed by atoms with van der Waals surface area (Å²) in [4.78, 5) is 57.1. The Morgan fingerprint density at radius 2 is 1.57 bits per heavy atom. The molecule has 13 heteroatoms. The Balaban J connectivity index is 1.53. The average molecular weight is 650 g/mol. The zero-order valence-electron chi connectivity index (χ0n) is 26.1. The molecule has 2 aromatic carbocycles. The molecule has 9 nitrogen and oxygen atoms in total. The van der Waals surface area contributed by atoms with E-state index < -0.39 is 71.1 Å². The van der Waals surface area contributed by atoms with E-state index in [4.69, 9.17) is 9.47 Å². The summed E-state index contributed by atoms with van der Waals surface area (Å²) in [5.41, 5.74) is -2.10. The summed E-state index contributed by atoms with van der Waals surface area (Å²) in [6, 6.07) is 10.2. The summed E-state index contributed by atoms with van der Waals surface area (Å²) in [7, 11) is 0. The lowest BCUT2D eigenvalue weighted by atomic mass is 9.93. The van der Waals surface area contributed by atoms with E-state index in [0.29, 0.717) is 19.4 Å². The molecule has 0 unspecified atom stereocenters. The van der Waals surface area contributed by atoms with Gasteiger partial charge >= 0.3 is 18.4 Å². The number of hydrogen-bond donors (Lipinski definition) is 0. The number of rotatable bonds is 7. The summed E-state index contributed by atoms with van der Waals surface area (Å²) < 4.78 is 66.0. The van der Waals surface area contributed by atoms with E-state index >= 15 is 0 Å². The van der Waals surface area contributed by atoms with Crippen molar-refractivity contribution >= 4 is 23.9 Å².